The Labute approximate surface area is 78.6 Å². The Bertz CT molecular complexity index is 336. The lowest BCUT2D eigenvalue weighted by atomic mass is 10.3. The quantitative estimate of drug-likeness (QED) is 0.697. The van der Waals surface area contributed by atoms with Gasteiger partial charge in [0.2, 0.25) is 0 Å². The average Bonchev–Trinajstić information content (AvgIpc) is 2.29. The molecule has 0 bridgehead atoms. The van der Waals surface area contributed by atoms with Gasteiger partial charge in [-0.05, 0) is 22.0 Å². The molecule has 0 N–H and O–H groups in total. The van der Waals surface area contributed by atoms with Crippen LogP contribution < -0.4 is 0 Å². The highest BCUT2D eigenvalue weighted by atomic mass is 79.9. The number of rotatable bonds is 0. The van der Waals surface area contributed by atoms with E-state index in [0.29, 0.717) is 15.1 Å². The molecule has 0 saturated heterocycles. The summed E-state index contributed by atoms with van der Waals surface area (Å²) in [5.74, 6) is 0. The summed E-state index contributed by atoms with van der Waals surface area (Å²) in [4.78, 5) is -0.850. The Morgan fingerprint density at radius 3 is 2.42 bits per heavy atom. The molecule has 0 radical (unpaired) electrons. The Balaban J connectivity index is 3.25. The first-order valence-corrected chi connectivity index (χ1v) is 4.32. The van der Waals surface area contributed by atoms with Crippen molar-refractivity contribution >= 4 is 27.3 Å². The minimum atomic E-state index is -4.43. The minimum absolute atomic E-state index is 0.311. The van der Waals surface area contributed by atoms with Gasteiger partial charge in [-0.1, -0.05) is 0 Å². The van der Waals surface area contributed by atoms with Crippen molar-refractivity contribution in [1.82, 2.24) is 0 Å². The van der Waals surface area contributed by atoms with Crippen molar-refractivity contribution in [2.75, 3.05) is 0 Å². The van der Waals surface area contributed by atoms with Gasteiger partial charge < -0.3 is 0 Å². The molecule has 0 saturated carbocycles. The molecule has 0 unspecified atom stereocenters. The van der Waals surface area contributed by atoms with Crippen LogP contribution in [0, 0.1) is 11.3 Å². The summed E-state index contributed by atoms with van der Waals surface area (Å²) in [6.45, 7) is 0. The maximum atomic E-state index is 12.1. The van der Waals surface area contributed by atoms with Crippen LogP contribution in [-0.2, 0) is 6.18 Å². The predicted octanol–water partition coefficient (Wildman–Crippen LogP) is 3.40. The van der Waals surface area contributed by atoms with Gasteiger partial charge in [-0.3, -0.25) is 0 Å². The third kappa shape index (κ3) is 1.79. The molecule has 1 aromatic heterocycles. The first-order chi connectivity index (χ1) is 5.45. The van der Waals surface area contributed by atoms with Gasteiger partial charge in [-0.2, -0.15) is 18.4 Å². The maximum absolute atomic E-state index is 12.1. The molecule has 0 aliphatic heterocycles. The molecular formula is C6HBrF3NS. The van der Waals surface area contributed by atoms with E-state index in [1.807, 2.05) is 0 Å². The predicted molar refractivity (Wildman–Crippen MR) is 41.7 cm³/mol. The van der Waals surface area contributed by atoms with E-state index in [0.717, 1.165) is 6.07 Å². The van der Waals surface area contributed by atoms with E-state index < -0.39 is 11.1 Å². The van der Waals surface area contributed by atoms with E-state index in [4.69, 9.17) is 5.26 Å². The van der Waals surface area contributed by atoms with Crippen molar-refractivity contribution in [2.45, 2.75) is 6.18 Å². The second-order valence-corrected chi connectivity index (χ2v) is 4.33. The zero-order chi connectivity index (χ0) is 9.35. The fourth-order valence-corrected chi connectivity index (χ4v) is 2.07. The summed E-state index contributed by atoms with van der Waals surface area (Å²) >= 11 is 3.40. The molecule has 0 fully saturated rings. The molecule has 0 aliphatic carbocycles. The van der Waals surface area contributed by atoms with E-state index in [1.54, 1.807) is 0 Å². The van der Waals surface area contributed by atoms with Crippen LogP contribution in [0.4, 0.5) is 13.2 Å². The van der Waals surface area contributed by atoms with Crippen molar-refractivity contribution in [3.05, 3.63) is 20.3 Å². The number of halogens is 4. The third-order valence-electron chi connectivity index (χ3n) is 1.08. The van der Waals surface area contributed by atoms with E-state index in [-0.39, 0.29) is 5.56 Å². The zero-order valence-corrected chi connectivity index (χ0v) is 7.85. The Morgan fingerprint density at radius 1 is 1.50 bits per heavy atom. The lowest BCUT2D eigenvalue weighted by Crippen LogP contribution is -2.03. The number of hydrogen-bond acceptors (Lipinski definition) is 2. The number of nitriles is 1. The van der Waals surface area contributed by atoms with Crippen LogP contribution in [0.1, 0.15) is 10.4 Å². The largest absolute Gasteiger partial charge is 0.426 e. The lowest BCUT2D eigenvalue weighted by Gasteiger charge is -2.01. The Morgan fingerprint density at radius 2 is 2.08 bits per heavy atom. The van der Waals surface area contributed by atoms with Crippen LogP contribution in [0.15, 0.2) is 9.85 Å². The van der Waals surface area contributed by atoms with Crippen LogP contribution in [0.5, 0.6) is 0 Å². The van der Waals surface area contributed by atoms with Crippen LogP contribution in [-0.4, -0.2) is 0 Å². The van der Waals surface area contributed by atoms with Crippen molar-refractivity contribution in [1.29, 1.82) is 5.26 Å². The van der Waals surface area contributed by atoms with Crippen molar-refractivity contribution < 1.29 is 13.2 Å². The number of alkyl halides is 3. The molecule has 1 nitrogen and oxygen atoms in total. The molecule has 1 aromatic rings. The highest BCUT2D eigenvalue weighted by Crippen LogP contribution is 2.39. The van der Waals surface area contributed by atoms with Gasteiger partial charge in [-0.15, -0.1) is 11.3 Å². The zero-order valence-electron chi connectivity index (χ0n) is 5.44. The highest BCUT2D eigenvalue weighted by Gasteiger charge is 2.35. The van der Waals surface area contributed by atoms with Crippen LogP contribution in [0.2, 0.25) is 0 Å². The summed E-state index contributed by atoms with van der Waals surface area (Å²) in [6, 6.07) is 2.64. The van der Waals surface area contributed by atoms with Gasteiger partial charge in [0.25, 0.3) is 0 Å². The normalized spacial score (nSPS) is 11.2. The monoisotopic (exact) mass is 255 g/mol. The van der Waals surface area contributed by atoms with E-state index >= 15 is 0 Å². The lowest BCUT2D eigenvalue weighted by molar-refractivity contribution is -0.134. The van der Waals surface area contributed by atoms with Gasteiger partial charge in [0, 0.05) is 0 Å². The fourth-order valence-electron chi connectivity index (χ4n) is 0.655. The Kier molecular flexibility index (Phi) is 2.44. The average molecular weight is 256 g/mol. The summed E-state index contributed by atoms with van der Waals surface area (Å²) in [6.07, 6.45) is -4.43. The topological polar surface area (TPSA) is 23.8 Å². The van der Waals surface area contributed by atoms with Gasteiger partial charge >= 0.3 is 6.18 Å². The number of nitrogens with zero attached hydrogens (tertiary/aromatic N) is 1. The second-order valence-electron chi connectivity index (χ2n) is 1.90. The molecule has 1 rings (SSSR count). The SMILES string of the molecule is N#Cc1cc(Br)sc1C(F)(F)F. The summed E-state index contributed by atoms with van der Waals surface area (Å²) in [7, 11) is 0. The molecule has 0 aromatic carbocycles. The highest BCUT2D eigenvalue weighted by molar-refractivity contribution is 9.11. The maximum Gasteiger partial charge on any atom is 0.426 e. The van der Waals surface area contributed by atoms with Crippen LogP contribution >= 0.6 is 27.3 Å². The first kappa shape index (κ1) is 9.55. The molecule has 0 aliphatic rings. The van der Waals surface area contributed by atoms with Gasteiger partial charge in [0.15, 0.2) is 0 Å². The van der Waals surface area contributed by atoms with Gasteiger partial charge in [0.05, 0.1) is 9.35 Å². The van der Waals surface area contributed by atoms with E-state index in [2.05, 4.69) is 15.9 Å². The molecule has 0 amide bonds. The Hall–Kier alpha value is -0.540. The van der Waals surface area contributed by atoms with Crippen molar-refractivity contribution in [3.63, 3.8) is 0 Å². The fraction of sp³-hybridized carbons (Fsp3) is 0.167. The minimum Gasteiger partial charge on any atom is -0.192 e. The molecule has 1 heterocycles. The van der Waals surface area contributed by atoms with Crippen molar-refractivity contribution in [3.8, 4) is 6.07 Å². The van der Waals surface area contributed by atoms with Crippen LogP contribution in [0.25, 0.3) is 0 Å². The van der Waals surface area contributed by atoms with Gasteiger partial charge in [0.1, 0.15) is 10.9 Å². The standard InChI is InChI=1S/C6HBrF3NS/c7-4-1-3(2-11)5(12-4)6(8,9)10/h1H. The number of thiophene rings is 1. The molecule has 0 atom stereocenters. The molecule has 12 heavy (non-hydrogen) atoms. The summed E-state index contributed by atoms with van der Waals surface area (Å²) in [5.41, 5.74) is -0.334. The third-order valence-corrected chi connectivity index (χ3v) is 2.76. The molecule has 64 valence electrons. The van der Waals surface area contributed by atoms with Crippen molar-refractivity contribution in [2.24, 2.45) is 0 Å². The number of hydrogen-bond donors (Lipinski definition) is 0. The van der Waals surface area contributed by atoms with Crippen LogP contribution in [0.3, 0.4) is 0 Å². The van der Waals surface area contributed by atoms with Gasteiger partial charge in [-0.25, -0.2) is 0 Å². The van der Waals surface area contributed by atoms with E-state index in [9.17, 15) is 13.2 Å². The second kappa shape index (κ2) is 3.07. The molecule has 6 heteroatoms. The first-order valence-electron chi connectivity index (χ1n) is 2.72. The smallest absolute Gasteiger partial charge is 0.192 e. The summed E-state index contributed by atoms with van der Waals surface area (Å²) in [5, 5.41) is 8.33. The molecule has 0 spiro atoms. The van der Waals surface area contributed by atoms with E-state index in [1.165, 1.54) is 6.07 Å². The summed E-state index contributed by atoms with van der Waals surface area (Å²) < 4.78 is 36.6. The molecular weight excluding hydrogens is 255 g/mol.